The molecule has 3 nitrogen and oxygen atoms in total. The average Bonchev–Trinajstić information content (AvgIpc) is 2.16. The molecule has 1 aromatic rings. The van der Waals surface area contributed by atoms with Crippen LogP contribution in [0.3, 0.4) is 0 Å². The van der Waals surface area contributed by atoms with E-state index in [1.54, 1.807) is 7.05 Å². The number of hydrogen-bond donors (Lipinski definition) is 2. The van der Waals surface area contributed by atoms with Crippen molar-refractivity contribution >= 4 is 11.6 Å². The lowest BCUT2D eigenvalue weighted by Crippen LogP contribution is -2.07. The molecule has 2 N–H and O–H groups in total. The summed E-state index contributed by atoms with van der Waals surface area (Å²) in [6, 6.07) is 1.19. The summed E-state index contributed by atoms with van der Waals surface area (Å²) < 4.78 is 18.0. The molecule has 1 rings (SSSR count). The number of phenolic OH excluding ortho intramolecular Hbond substituents is 1. The molecule has 0 heterocycles. The molecule has 0 radical (unpaired) electrons. The van der Waals surface area contributed by atoms with E-state index in [1.807, 2.05) is 0 Å². The summed E-state index contributed by atoms with van der Waals surface area (Å²) in [6.45, 7) is 0.417. The van der Waals surface area contributed by atoms with Crippen LogP contribution >= 0.6 is 11.6 Å². The van der Waals surface area contributed by atoms with Gasteiger partial charge in [-0.3, -0.25) is 0 Å². The van der Waals surface area contributed by atoms with Crippen molar-refractivity contribution in [2.24, 2.45) is 0 Å². The van der Waals surface area contributed by atoms with Crippen molar-refractivity contribution in [3.05, 3.63) is 22.5 Å². The average molecular weight is 220 g/mol. The van der Waals surface area contributed by atoms with Crippen molar-refractivity contribution in [3.63, 3.8) is 0 Å². The van der Waals surface area contributed by atoms with Gasteiger partial charge in [0.25, 0.3) is 0 Å². The molecule has 0 amide bonds. The zero-order chi connectivity index (χ0) is 10.7. The zero-order valence-electron chi connectivity index (χ0n) is 7.90. The fourth-order valence-corrected chi connectivity index (χ4v) is 1.47. The number of benzene rings is 1. The van der Waals surface area contributed by atoms with Crippen LogP contribution in [0.15, 0.2) is 6.07 Å². The molecule has 14 heavy (non-hydrogen) atoms. The van der Waals surface area contributed by atoms with Crippen LogP contribution in [-0.2, 0) is 6.54 Å². The molecule has 0 spiro atoms. The van der Waals surface area contributed by atoms with E-state index in [9.17, 15) is 9.50 Å². The number of ether oxygens (including phenoxy) is 1. The molecule has 0 saturated carbocycles. The molecule has 0 fully saturated rings. The molecule has 0 aliphatic carbocycles. The highest BCUT2D eigenvalue weighted by Gasteiger charge is 2.16. The quantitative estimate of drug-likeness (QED) is 0.816. The number of nitrogens with one attached hydrogen (secondary N) is 1. The molecule has 0 saturated heterocycles. The van der Waals surface area contributed by atoms with Crippen LogP contribution in [0, 0.1) is 5.82 Å². The van der Waals surface area contributed by atoms with Crippen LogP contribution < -0.4 is 10.1 Å². The van der Waals surface area contributed by atoms with Crippen molar-refractivity contribution < 1.29 is 14.2 Å². The van der Waals surface area contributed by atoms with Crippen LogP contribution in [0.2, 0.25) is 5.02 Å². The number of hydrogen-bond acceptors (Lipinski definition) is 3. The maximum atomic E-state index is 13.1. The lowest BCUT2D eigenvalue weighted by Gasteiger charge is -2.11. The molecule has 78 valence electrons. The van der Waals surface area contributed by atoms with Crippen LogP contribution in [0.5, 0.6) is 11.5 Å². The highest BCUT2D eigenvalue weighted by atomic mass is 35.5. The summed E-state index contributed by atoms with van der Waals surface area (Å²) >= 11 is 5.70. The van der Waals surface area contributed by atoms with Gasteiger partial charge in [0.15, 0.2) is 11.6 Å². The van der Waals surface area contributed by atoms with Crippen molar-refractivity contribution in [1.29, 1.82) is 0 Å². The summed E-state index contributed by atoms with van der Waals surface area (Å²) in [6.07, 6.45) is 0. The van der Waals surface area contributed by atoms with Gasteiger partial charge in [0.2, 0.25) is 0 Å². The van der Waals surface area contributed by atoms with Gasteiger partial charge < -0.3 is 15.2 Å². The Morgan fingerprint density at radius 1 is 1.64 bits per heavy atom. The second-order valence-corrected chi connectivity index (χ2v) is 3.12. The fourth-order valence-electron chi connectivity index (χ4n) is 1.18. The Kier molecular flexibility index (Phi) is 3.55. The number of rotatable bonds is 3. The third-order valence-electron chi connectivity index (χ3n) is 1.80. The van der Waals surface area contributed by atoms with E-state index in [1.165, 1.54) is 13.2 Å². The molecule has 0 bridgehead atoms. The number of aromatic hydroxyl groups is 1. The fraction of sp³-hybridized carbons (Fsp3) is 0.333. The molecule has 0 atom stereocenters. The van der Waals surface area contributed by atoms with E-state index in [-0.39, 0.29) is 5.02 Å². The third-order valence-corrected chi connectivity index (χ3v) is 2.15. The standard InChI is InChI=1S/C9H11ClFNO2/c1-12-4-5-3-6(11)8(13)7(10)9(5)14-2/h3,12-13H,4H2,1-2H3. The Morgan fingerprint density at radius 2 is 2.29 bits per heavy atom. The van der Waals surface area contributed by atoms with Gasteiger partial charge in [-0.05, 0) is 13.1 Å². The summed E-state index contributed by atoms with van der Waals surface area (Å²) in [7, 11) is 3.13. The van der Waals surface area contributed by atoms with Gasteiger partial charge >= 0.3 is 0 Å². The monoisotopic (exact) mass is 219 g/mol. The van der Waals surface area contributed by atoms with E-state index in [4.69, 9.17) is 16.3 Å². The molecule has 0 unspecified atom stereocenters. The highest BCUT2D eigenvalue weighted by Crippen LogP contribution is 2.38. The van der Waals surface area contributed by atoms with E-state index < -0.39 is 11.6 Å². The van der Waals surface area contributed by atoms with Crippen molar-refractivity contribution in [2.75, 3.05) is 14.2 Å². The van der Waals surface area contributed by atoms with Crippen molar-refractivity contribution in [3.8, 4) is 11.5 Å². The number of halogens is 2. The molecule has 1 aromatic carbocycles. The maximum absolute atomic E-state index is 13.1. The van der Waals surface area contributed by atoms with Gasteiger partial charge in [0.05, 0.1) is 7.11 Å². The van der Waals surface area contributed by atoms with Gasteiger partial charge in [-0.15, -0.1) is 0 Å². The molecule has 0 aromatic heterocycles. The Balaban J connectivity index is 3.28. The lowest BCUT2D eigenvalue weighted by atomic mass is 10.2. The van der Waals surface area contributed by atoms with E-state index in [2.05, 4.69) is 5.32 Å². The van der Waals surface area contributed by atoms with E-state index >= 15 is 0 Å². The van der Waals surface area contributed by atoms with E-state index in [0.29, 0.717) is 17.9 Å². The molecular weight excluding hydrogens is 209 g/mol. The SMILES string of the molecule is CNCc1cc(F)c(O)c(Cl)c1OC. The van der Waals surface area contributed by atoms with Crippen molar-refractivity contribution in [1.82, 2.24) is 5.32 Å². The molecule has 0 aliphatic rings. The second-order valence-electron chi connectivity index (χ2n) is 2.74. The van der Waals surface area contributed by atoms with Crippen molar-refractivity contribution in [2.45, 2.75) is 6.54 Å². The summed E-state index contributed by atoms with van der Waals surface area (Å²) in [5, 5.41) is 11.9. The molecule has 0 aliphatic heterocycles. The third kappa shape index (κ3) is 1.91. The Bertz CT molecular complexity index is 344. The topological polar surface area (TPSA) is 41.5 Å². The normalized spacial score (nSPS) is 10.3. The first-order chi connectivity index (χ1) is 6.61. The minimum atomic E-state index is -0.749. The first-order valence-corrected chi connectivity index (χ1v) is 4.38. The van der Waals surface area contributed by atoms with Gasteiger partial charge in [-0.2, -0.15) is 0 Å². The predicted octanol–water partition coefficient (Wildman–Crippen LogP) is 1.91. The summed E-state index contributed by atoms with van der Waals surface area (Å²) in [4.78, 5) is 0. The maximum Gasteiger partial charge on any atom is 0.174 e. The number of phenols is 1. The highest BCUT2D eigenvalue weighted by molar-refractivity contribution is 6.33. The largest absolute Gasteiger partial charge is 0.504 e. The minimum absolute atomic E-state index is 0.0993. The Morgan fingerprint density at radius 3 is 2.79 bits per heavy atom. The summed E-state index contributed by atoms with van der Waals surface area (Å²) in [5.74, 6) is -1.04. The van der Waals surface area contributed by atoms with Gasteiger partial charge in [-0.1, -0.05) is 11.6 Å². The van der Waals surface area contributed by atoms with Crippen LogP contribution in [0.4, 0.5) is 4.39 Å². The summed E-state index contributed by atoms with van der Waals surface area (Å²) in [5.41, 5.74) is 0.565. The minimum Gasteiger partial charge on any atom is -0.504 e. The zero-order valence-corrected chi connectivity index (χ0v) is 8.65. The van der Waals surface area contributed by atoms with Gasteiger partial charge in [0, 0.05) is 12.1 Å². The van der Waals surface area contributed by atoms with Gasteiger partial charge in [0.1, 0.15) is 10.8 Å². The molecular formula is C9H11ClFNO2. The van der Waals surface area contributed by atoms with Crippen LogP contribution in [0.25, 0.3) is 0 Å². The smallest absolute Gasteiger partial charge is 0.174 e. The first-order valence-electron chi connectivity index (χ1n) is 4.00. The van der Waals surface area contributed by atoms with Crippen LogP contribution in [0.1, 0.15) is 5.56 Å². The number of methoxy groups -OCH3 is 1. The van der Waals surface area contributed by atoms with E-state index in [0.717, 1.165) is 0 Å². The lowest BCUT2D eigenvalue weighted by molar-refractivity contribution is 0.391. The Hall–Kier alpha value is -1.00. The predicted molar refractivity (Wildman–Crippen MR) is 52.4 cm³/mol. The molecule has 5 heteroatoms. The van der Waals surface area contributed by atoms with Gasteiger partial charge in [-0.25, -0.2) is 4.39 Å². The second kappa shape index (κ2) is 4.48. The Labute approximate surface area is 86.5 Å². The van der Waals surface area contributed by atoms with Crippen LogP contribution in [-0.4, -0.2) is 19.3 Å². The first kappa shape index (κ1) is 11.1.